The van der Waals surface area contributed by atoms with E-state index in [9.17, 15) is 4.79 Å². The van der Waals surface area contributed by atoms with Crippen LogP contribution < -0.4 is 16.4 Å². The van der Waals surface area contributed by atoms with Crippen LogP contribution >= 0.6 is 0 Å². The number of carbonyl (C=O) groups is 1. The summed E-state index contributed by atoms with van der Waals surface area (Å²) in [4.78, 5) is 13.9. The van der Waals surface area contributed by atoms with Gasteiger partial charge in [0.2, 0.25) is 0 Å². The molecule has 1 aliphatic heterocycles. The smallest absolute Gasteiger partial charge is 0.250 e. The number of nitrogens with two attached hydrogens (primary N) is 2. The Kier molecular flexibility index (Phi) is 3.29. The molecule has 2 aromatic rings. The molecule has 0 aliphatic carbocycles. The van der Waals surface area contributed by atoms with Crippen LogP contribution in [0.5, 0.6) is 0 Å². The van der Waals surface area contributed by atoms with Crippen molar-refractivity contribution in [3.8, 4) is 0 Å². The summed E-state index contributed by atoms with van der Waals surface area (Å²) in [6.45, 7) is 3.07. The average molecular weight is 281 g/mol. The minimum Gasteiger partial charge on any atom is -0.399 e. The first-order valence-corrected chi connectivity index (χ1v) is 7.11. The molecule has 0 bridgehead atoms. The number of amides is 1. The SMILES string of the molecule is CC1Cc2ccccc2N(c2ccc(N)cc2C(N)=O)C1. The predicted molar refractivity (Wildman–Crippen MR) is 85.7 cm³/mol. The topological polar surface area (TPSA) is 72.3 Å². The first-order valence-electron chi connectivity index (χ1n) is 7.11. The molecule has 0 radical (unpaired) electrons. The van der Waals surface area contributed by atoms with Crippen LogP contribution in [0.3, 0.4) is 0 Å². The highest BCUT2D eigenvalue weighted by Crippen LogP contribution is 2.37. The first kappa shape index (κ1) is 13.5. The highest BCUT2D eigenvalue weighted by Gasteiger charge is 2.25. The van der Waals surface area contributed by atoms with Crippen molar-refractivity contribution in [3.63, 3.8) is 0 Å². The molecule has 1 aliphatic rings. The molecule has 1 unspecified atom stereocenters. The molecule has 1 heterocycles. The normalized spacial score (nSPS) is 17.4. The number of carbonyl (C=O) groups excluding carboxylic acids is 1. The summed E-state index contributed by atoms with van der Waals surface area (Å²) in [5.41, 5.74) is 15.6. The van der Waals surface area contributed by atoms with Crippen LogP contribution in [0.4, 0.5) is 17.1 Å². The van der Waals surface area contributed by atoms with Crippen molar-refractivity contribution < 1.29 is 4.79 Å². The van der Waals surface area contributed by atoms with Crippen molar-refractivity contribution in [3.05, 3.63) is 53.6 Å². The van der Waals surface area contributed by atoms with Crippen LogP contribution in [0.15, 0.2) is 42.5 Å². The standard InChI is InChI=1S/C17H19N3O/c1-11-8-12-4-2-3-5-15(12)20(10-11)16-7-6-13(18)9-14(16)17(19)21/h2-7,9,11H,8,10,18H2,1H3,(H2,19,21). The van der Waals surface area contributed by atoms with Gasteiger partial charge in [-0.25, -0.2) is 0 Å². The van der Waals surface area contributed by atoms with Crippen molar-refractivity contribution in [2.45, 2.75) is 13.3 Å². The molecule has 0 spiro atoms. The zero-order chi connectivity index (χ0) is 15.0. The molecule has 2 aromatic carbocycles. The maximum absolute atomic E-state index is 11.8. The number of anilines is 3. The first-order chi connectivity index (χ1) is 10.1. The highest BCUT2D eigenvalue weighted by atomic mass is 16.1. The summed E-state index contributed by atoms with van der Waals surface area (Å²) in [5, 5.41) is 0. The quantitative estimate of drug-likeness (QED) is 0.831. The monoisotopic (exact) mass is 281 g/mol. The average Bonchev–Trinajstić information content (AvgIpc) is 2.46. The number of nitrogen functional groups attached to an aromatic ring is 1. The second-order valence-corrected chi connectivity index (χ2v) is 5.69. The summed E-state index contributed by atoms with van der Waals surface area (Å²) >= 11 is 0. The lowest BCUT2D eigenvalue weighted by Crippen LogP contribution is -2.32. The van der Waals surface area contributed by atoms with E-state index in [1.165, 1.54) is 5.56 Å². The zero-order valence-corrected chi connectivity index (χ0v) is 12.0. The largest absolute Gasteiger partial charge is 0.399 e. The van der Waals surface area contributed by atoms with Crippen molar-refractivity contribution in [1.29, 1.82) is 0 Å². The second-order valence-electron chi connectivity index (χ2n) is 5.69. The Hall–Kier alpha value is -2.49. The van der Waals surface area contributed by atoms with Crippen molar-refractivity contribution in [2.24, 2.45) is 11.7 Å². The Morgan fingerprint density at radius 2 is 1.95 bits per heavy atom. The molecule has 0 aromatic heterocycles. The molecule has 4 N–H and O–H groups in total. The summed E-state index contributed by atoms with van der Waals surface area (Å²) in [6.07, 6.45) is 1.05. The van der Waals surface area contributed by atoms with Gasteiger partial charge in [-0.3, -0.25) is 4.79 Å². The number of hydrogen-bond donors (Lipinski definition) is 2. The van der Waals surface area contributed by atoms with Gasteiger partial charge < -0.3 is 16.4 Å². The lowest BCUT2D eigenvalue weighted by molar-refractivity contribution is 0.100. The fourth-order valence-electron chi connectivity index (χ4n) is 3.01. The fraction of sp³-hybridized carbons (Fsp3) is 0.235. The Morgan fingerprint density at radius 1 is 1.19 bits per heavy atom. The number of nitrogens with zero attached hydrogens (tertiary/aromatic N) is 1. The van der Waals surface area contributed by atoms with E-state index in [1.54, 1.807) is 6.07 Å². The summed E-state index contributed by atoms with van der Waals surface area (Å²) in [5.74, 6) is 0.0613. The number of rotatable bonds is 2. The third-order valence-corrected chi connectivity index (χ3v) is 3.92. The van der Waals surface area contributed by atoms with Gasteiger partial charge in [0.05, 0.1) is 11.3 Å². The highest BCUT2D eigenvalue weighted by molar-refractivity contribution is 6.00. The van der Waals surface area contributed by atoms with Crippen LogP contribution in [0, 0.1) is 5.92 Å². The van der Waals surface area contributed by atoms with E-state index in [0.717, 1.165) is 24.3 Å². The lowest BCUT2D eigenvalue weighted by Gasteiger charge is -2.35. The van der Waals surface area contributed by atoms with E-state index in [1.807, 2.05) is 24.3 Å². The number of primary amides is 1. The second kappa shape index (κ2) is 5.13. The molecular weight excluding hydrogens is 262 g/mol. The van der Waals surface area contributed by atoms with E-state index in [4.69, 9.17) is 11.5 Å². The maximum atomic E-state index is 11.8. The Morgan fingerprint density at radius 3 is 2.71 bits per heavy atom. The van der Waals surface area contributed by atoms with Crippen molar-refractivity contribution >= 4 is 23.0 Å². The molecule has 21 heavy (non-hydrogen) atoms. The molecule has 4 heteroatoms. The summed E-state index contributed by atoms with van der Waals surface area (Å²) < 4.78 is 0. The van der Waals surface area contributed by atoms with Crippen molar-refractivity contribution in [1.82, 2.24) is 0 Å². The van der Waals surface area contributed by atoms with E-state index in [-0.39, 0.29) is 0 Å². The Balaban J connectivity index is 2.15. The lowest BCUT2D eigenvalue weighted by atomic mass is 9.93. The van der Waals surface area contributed by atoms with Crippen LogP contribution in [-0.4, -0.2) is 12.5 Å². The molecule has 4 nitrogen and oxygen atoms in total. The third-order valence-electron chi connectivity index (χ3n) is 3.92. The minimum atomic E-state index is -0.451. The van der Waals surface area contributed by atoms with Gasteiger partial charge in [0.15, 0.2) is 0 Å². The molecule has 3 rings (SSSR count). The number of hydrogen-bond acceptors (Lipinski definition) is 3. The number of fused-ring (bicyclic) bond motifs is 1. The van der Waals surface area contributed by atoms with Gasteiger partial charge in [0, 0.05) is 17.9 Å². The van der Waals surface area contributed by atoms with Crippen LogP contribution in [0.1, 0.15) is 22.8 Å². The third kappa shape index (κ3) is 2.44. The van der Waals surface area contributed by atoms with E-state index >= 15 is 0 Å². The van der Waals surface area contributed by atoms with E-state index in [0.29, 0.717) is 17.2 Å². The van der Waals surface area contributed by atoms with Crippen LogP contribution in [0.2, 0.25) is 0 Å². The summed E-state index contributed by atoms with van der Waals surface area (Å²) in [6, 6.07) is 13.6. The van der Waals surface area contributed by atoms with Crippen LogP contribution in [-0.2, 0) is 6.42 Å². The van der Waals surface area contributed by atoms with Gasteiger partial charge in [-0.15, -0.1) is 0 Å². The van der Waals surface area contributed by atoms with Gasteiger partial charge >= 0.3 is 0 Å². The summed E-state index contributed by atoms with van der Waals surface area (Å²) in [7, 11) is 0. The van der Waals surface area contributed by atoms with Gasteiger partial charge in [-0.2, -0.15) is 0 Å². The van der Waals surface area contributed by atoms with E-state index < -0.39 is 5.91 Å². The minimum absolute atomic E-state index is 0.451. The Bertz CT molecular complexity index is 696. The predicted octanol–water partition coefficient (Wildman–Crippen LogP) is 2.70. The fourth-order valence-corrected chi connectivity index (χ4v) is 3.01. The maximum Gasteiger partial charge on any atom is 0.250 e. The Labute approximate surface area is 124 Å². The van der Waals surface area contributed by atoms with Gasteiger partial charge in [0.1, 0.15) is 0 Å². The molecule has 108 valence electrons. The molecule has 0 fully saturated rings. The molecule has 0 saturated heterocycles. The molecule has 1 amide bonds. The molecular formula is C17H19N3O. The van der Waals surface area contributed by atoms with Crippen molar-refractivity contribution in [2.75, 3.05) is 17.2 Å². The molecule has 0 saturated carbocycles. The van der Waals surface area contributed by atoms with E-state index in [2.05, 4.69) is 24.0 Å². The van der Waals surface area contributed by atoms with Gasteiger partial charge in [-0.05, 0) is 42.2 Å². The van der Waals surface area contributed by atoms with Gasteiger partial charge in [-0.1, -0.05) is 25.1 Å². The number of benzene rings is 2. The number of para-hydroxylation sites is 1. The van der Waals surface area contributed by atoms with Gasteiger partial charge in [0.25, 0.3) is 5.91 Å². The molecule has 1 atom stereocenters. The zero-order valence-electron chi connectivity index (χ0n) is 12.0. The van der Waals surface area contributed by atoms with Crippen LogP contribution in [0.25, 0.3) is 0 Å².